The molecular weight excluding hydrogens is 319 g/mol. The number of nitrogen functional groups attached to an aromatic ring is 1. The molecule has 3 N–H and O–H groups in total. The average Bonchev–Trinajstić information content (AvgIpc) is 2.76. The normalized spacial score (nSPS) is 19.2. The number of hydrogen-bond donors (Lipinski definition) is 2. The van der Waals surface area contributed by atoms with Crippen molar-refractivity contribution in [2.45, 2.75) is 19.3 Å². The number of nitrogens with one attached hydrogen (secondary N) is 1. The van der Waals surface area contributed by atoms with E-state index in [9.17, 15) is 9.18 Å². The molecule has 0 spiro atoms. The Morgan fingerprint density at radius 2 is 1.96 bits per heavy atom. The first-order chi connectivity index (χ1) is 12.1. The molecular formula is C20H19FN2O2. The van der Waals surface area contributed by atoms with Gasteiger partial charge in [0.15, 0.2) is 5.78 Å². The highest BCUT2D eigenvalue weighted by Gasteiger charge is 2.30. The lowest BCUT2D eigenvalue weighted by Crippen LogP contribution is -2.18. The van der Waals surface area contributed by atoms with Crippen LogP contribution in [0.15, 0.2) is 48.0 Å². The van der Waals surface area contributed by atoms with Crippen molar-refractivity contribution in [1.82, 2.24) is 0 Å². The van der Waals surface area contributed by atoms with Crippen LogP contribution in [0.4, 0.5) is 21.5 Å². The first-order valence-electron chi connectivity index (χ1n) is 8.45. The van der Waals surface area contributed by atoms with Gasteiger partial charge in [-0.05, 0) is 49.6 Å². The average molecular weight is 338 g/mol. The number of allylic oxidation sites excluding steroid dienone is 1. The van der Waals surface area contributed by atoms with Crippen molar-refractivity contribution in [3.63, 3.8) is 0 Å². The van der Waals surface area contributed by atoms with E-state index in [0.717, 1.165) is 30.5 Å². The summed E-state index contributed by atoms with van der Waals surface area (Å²) in [5.41, 5.74) is 8.61. The van der Waals surface area contributed by atoms with Crippen LogP contribution >= 0.6 is 0 Å². The summed E-state index contributed by atoms with van der Waals surface area (Å²) in [6.45, 7) is 0.525. The topological polar surface area (TPSA) is 64.3 Å². The molecule has 128 valence electrons. The number of ether oxygens (including phenoxy) is 1. The molecule has 2 aromatic rings. The van der Waals surface area contributed by atoms with E-state index in [4.69, 9.17) is 10.5 Å². The predicted octanol–water partition coefficient (Wildman–Crippen LogP) is 4.45. The van der Waals surface area contributed by atoms with Crippen molar-refractivity contribution >= 4 is 22.8 Å². The van der Waals surface area contributed by atoms with Crippen LogP contribution in [0.25, 0.3) is 0 Å². The maximum atomic E-state index is 13.3. The van der Waals surface area contributed by atoms with Gasteiger partial charge < -0.3 is 15.8 Å². The number of fused-ring (bicyclic) bond motifs is 2. The number of carbonyl (C=O) groups is 1. The lowest BCUT2D eigenvalue weighted by atomic mass is 9.84. The van der Waals surface area contributed by atoms with E-state index >= 15 is 0 Å². The van der Waals surface area contributed by atoms with Gasteiger partial charge in [-0.15, -0.1) is 0 Å². The molecule has 5 heteroatoms. The zero-order valence-corrected chi connectivity index (χ0v) is 13.7. The minimum Gasteiger partial charge on any atom is -0.492 e. The molecule has 1 aliphatic carbocycles. The van der Waals surface area contributed by atoms with Crippen LogP contribution in [0, 0.1) is 11.7 Å². The monoisotopic (exact) mass is 338 g/mol. The van der Waals surface area contributed by atoms with Crippen molar-refractivity contribution in [2.75, 3.05) is 17.7 Å². The molecule has 1 heterocycles. The summed E-state index contributed by atoms with van der Waals surface area (Å²) >= 11 is 0. The molecule has 0 bridgehead atoms. The molecule has 2 aromatic carbocycles. The van der Waals surface area contributed by atoms with E-state index < -0.39 is 5.82 Å². The molecule has 0 saturated heterocycles. The number of anilines is 3. The van der Waals surface area contributed by atoms with Crippen molar-refractivity contribution < 1.29 is 13.9 Å². The number of halogens is 1. The van der Waals surface area contributed by atoms with E-state index in [2.05, 4.69) is 11.4 Å². The highest BCUT2D eigenvalue weighted by molar-refractivity contribution is 6.11. The number of hydrogen-bond acceptors (Lipinski definition) is 4. The summed E-state index contributed by atoms with van der Waals surface area (Å²) in [6.07, 6.45) is 5.10. The summed E-state index contributed by atoms with van der Waals surface area (Å²) in [6, 6.07) is 9.88. The molecule has 2 aliphatic rings. The number of benzene rings is 2. The third kappa shape index (κ3) is 2.97. The first-order valence-corrected chi connectivity index (χ1v) is 8.45. The fraction of sp³-hybridized carbons (Fsp3) is 0.250. The lowest BCUT2D eigenvalue weighted by Gasteiger charge is -2.19. The SMILES string of the molecule is Nc1cc(Nc2ccc3c(c2)OCC2CCCC=C2C3=O)ccc1F. The van der Waals surface area contributed by atoms with Crippen LogP contribution in [0.2, 0.25) is 0 Å². The molecule has 1 aliphatic heterocycles. The Morgan fingerprint density at radius 1 is 1.16 bits per heavy atom. The van der Waals surface area contributed by atoms with Gasteiger partial charge in [-0.1, -0.05) is 6.08 Å². The Labute approximate surface area is 145 Å². The Bertz CT molecular complexity index is 876. The van der Waals surface area contributed by atoms with Crippen LogP contribution in [0.1, 0.15) is 29.6 Å². The Kier molecular flexibility index (Phi) is 3.92. The third-order valence-corrected chi connectivity index (χ3v) is 4.77. The summed E-state index contributed by atoms with van der Waals surface area (Å²) in [5.74, 6) is 0.384. The summed E-state index contributed by atoms with van der Waals surface area (Å²) in [4.78, 5) is 12.8. The molecule has 4 nitrogen and oxygen atoms in total. The molecule has 1 unspecified atom stereocenters. The molecule has 0 saturated carbocycles. The second-order valence-corrected chi connectivity index (χ2v) is 6.50. The molecule has 25 heavy (non-hydrogen) atoms. The maximum Gasteiger partial charge on any atom is 0.192 e. The first kappa shape index (κ1) is 15.7. The number of carbonyl (C=O) groups excluding carboxylic acids is 1. The van der Waals surface area contributed by atoms with Gasteiger partial charge in [0.2, 0.25) is 0 Å². The highest BCUT2D eigenvalue weighted by Crippen LogP contribution is 2.36. The fourth-order valence-electron chi connectivity index (χ4n) is 3.44. The largest absolute Gasteiger partial charge is 0.492 e. The van der Waals surface area contributed by atoms with Crippen molar-refractivity contribution in [3.05, 3.63) is 59.4 Å². The lowest BCUT2D eigenvalue weighted by molar-refractivity contribution is 0.102. The van der Waals surface area contributed by atoms with Gasteiger partial charge in [-0.3, -0.25) is 4.79 Å². The van der Waals surface area contributed by atoms with Crippen LogP contribution in [-0.4, -0.2) is 12.4 Å². The van der Waals surface area contributed by atoms with Crippen molar-refractivity contribution in [3.8, 4) is 5.75 Å². The molecule has 1 atom stereocenters. The zero-order chi connectivity index (χ0) is 17.4. The van der Waals surface area contributed by atoms with Gasteiger partial charge in [0, 0.05) is 28.9 Å². The van der Waals surface area contributed by atoms with Gasteiger partial charge in [-0.25, -0.2) is 4.39 Å². The van der Waals surface area contributed by atoms with E-state index in [-0.39, 0.29) is 17.4 Å². The van der Waals surface area contributed by atoms with Crippen LogP contribution in [0.3, 0.4) is 0 Å². The summed E-state index contributed by atoms with van der Waals surface area (Å²) in [5, 5.41) is 3.17. The Morgan fingerprint density at radius 3 is 2.80 bits per heavy atom. The summed E-state index contributed by atoms with van der Waals surface area (Å²) in [7, 11) is 0. The quantitative estimate of drug-likeness (QED) is 0.794. The minimum absolute atomic E-state index is 0.0646. The van der Waals surface area contributed by atoms with Crippen LogP contribution in [-0.2, 0) is 0 Å². The minimum atomic E-state index is -0.447. The van der Waals surface area contributed by atoms with E-state index in [0.29, 0.717) is 23.6 Å². The van der Waals surface area contributed by atoms with E-state index in [1.54, 1.807) is 12.1 Å². The number of Topliss-reactive ketones (excluding diaryl/α,β-unsaturated/α-hetero) is 1. The van der Waals surface area contributed by atoms with Gasteiger partial charge >= 0.3 is 0 Å². The number of nitrogens with two attached hydrogens (primary N) is 1. The third-order valence-electron chi connectivity index (χ3n) is 4.77. The fourth-order valence-corrected chi connectivity index (χ4v) is 3.44. The van der Waals surface area contributed by atoms with Gasteiger partial charge in [0.05, 0.1) is 17.9 Å². The maximum absolute atomic E-state index is 13.3. The Hall–Kier alpha value is -2.82. The Balaban J connectivity index is 1.63. The smallest absolute Gasteiger partial charge is 0.192 e. The van der Waals surface area contributed by atoms with Crippen molar-refractivity contribution in [2.24, 2.45) is 5.92 Å². The standard InChI is InChI=1S/C20H19FN2O2/c21-17-8-6-13(9-18(17)22)23-14-5-7-16-19(10-14)25-11-12-3-1-2-4-15(12)20(16)24/h4-10,12,23H,1-3,11,22H2. The summed E-state index contributed by atoms with van der Waals surface area (Å²) < 4.78 is 19.2. The second kappa shape index (κ2) is 6.24. The van der Waals surface area contributed by atoms with Gasteiger partial charge in [-0.2, -0.15) is 0 Å². The highest BCUT2D eigenvalue weighted by atomic mass is 19.1. The molecule has 0 radical (unpaired) electrons. The molecule has 0 aromatic heterocycles. The second-order valence-electron chi connectivity index (χ2n) is 6.50. The van der Waals surface area contributed by atoms with E-state index in [1.807, 2.05) is 12.1 Å². The molecule has 0 amide bonds. The van der Waals surface area contributed by atoms with Crippen LogP contribution in [0.5, 0.6) is 5.75 Å². The molecule has 4 rings (SSSR count). The van der Waals surface area contributed by atoms with E-state index in [1.165, 1.54) is 12.1 Å². The molecule has 0 fully saturated rings. The zero-order valence-electron chi connectivity index (χ0n) is 13.7. The predicted molar refractivity (Wildman–Crippen MR) is 95.8 cm³/mol. The van der Waals surface area contributed by atoms with Gasteiger partial charge in [0.25, 0.3) is 0 Å². The van der Waals surface area contributed by atoms with Crippen LogP contribution < -0.4 is 15.8 Å². The van der Waals surface area contributed by atoms with Crippen molar-refractivity contribution in [1.29, 1.82) is 0 Å². The van der Waals surface area contributed by atoms with Gasteiger partial charge in [0.1, 0.15) is 11.6 Å². The number of rotatable bonds is 2. The number of ketones is 1.